The molecule has 0 spiro atoms. The summed E-state index contributed by atoms with van der Waals surface area (Å²) in [5.41, 5.74) is 2.32. The summed E-state index contributed by atoms with van der Waals surface area (Å²) in [6.45, 7) is 5.33. The Hall–Kier alpha value is -2.18. The zero-order valence-electron chi connectivity index (χ0n) is 15.3. The SMILES string of the molecule is COc1ccc(C(C)NC(C)C(=O)Nc2ccc(C(C)=O)cc2)cc1Br. The van der Waals surface area contributed by atoms with Crippen LogP contribution in [0.25, 0.3) is 0 Å². The summed E-state index contributed by atoms with van der Waals surface area (Å²) in [7, 11) is 1.62. The molecule has 26 heavy (non-hydrogen) atoms. The molecule has 138 valence electrons. The fourth-order valence-corrected chi connectivity index (χ4v) is 3.10. The van der Waals surface area contributed by atoms with Crippen molar-refractivity contribution in [3.63, 3.8) is 0 Å². The standard InChI is InChI=1S/C20H23BrN2O3/c1-12(16-7-10-19(26-4)18(21)11-16)22-13(2)20(25)23-17-8-5-15(6-9-17)14(3)24/h5-13,22H,1-4H3,(H,23,25). The van der Waals surface area contributed by atoms with E-state index in [1.807, 2.05) is 32.0 Å². The first-order valence-corrected chi connectivity index (χ1v) is 9.12. The van der Waals surface area contributed by atoms with Crippen LogP contribution in [0, 0.1) is 0 Å². The van der Waals surface area contributed by atoms with Crippen LogP contribution in [-0.4, -0.2) is 24.8 Å². The number of amides is 1. The van der Waals surface area contributed by atoms with E-state index in [9.17, 15) is 9.59 Å². The van der Waals surface area contributed by atoms with Crippen molar-refractivity contribution in [2.75, 3.05) is 12.4 Å². The Morgan fingerprint density at radius 1 is 1.08 bits per heavy atom. The third-order valence-corrected chi connectivity index (χ3v) is 4.75. The van der Waals surface area contributed by atoms with Gasteiger partial charge in [0.15, 0.2) is 5.78 Å². The second-order valence-corrected chi connectivity index (χ2v) is 6.98. The number of ether oxygens (including phenoxy) is 1. The molecule has 1 amide bonds. The maximum Gasteiger partial charge on any atom is 0.241 e. The molecule has 6 heteroatoms. The predicted molar refractivity (Wildman–Crippen MR) is 107 cm³/mol. The molecule has 2 rings (SSSR count). The Morgan fingerprint density at radius 2 is 1.73 bits per heavy atom. The van der Waals surface area contributed by atoms with Gasteiger partial charge >= 0.3 is 0 Å². The molecule has 0 heterocycles. The molecule has 0 saturated heterocycles. The number of nitrogens with one attached hydrogen (secondary N) is 2. The van der Waals surface area contributed by atoms with Crippen molar-refractivity contribution < 1.29 is 14.3 Å². The third-order valence-electron chi connectivity index (χ3n) is 4.13. The highest BCUT2D eigenvalue weighted by Crippen LogP contribution is 2.28. The minimum Gasteiger partial charge on any atom is -0.496 e. The number of hydrogen-bond donors (Lipinski definition) is 2. The normalized spacial score (nSPS) is 13.0. The first-order chi connectivity index (χ1) is 12.3. The number of hydrogen-bond acceptors (Lipinski definition) is 4. The molecule has 0 aromatic heterocycles. The molecular formula is C20H23BrN2O3. The molecule has 0 aliphatic carbocycles. The van der Waals surface area contributed by atoms with Crippen LogP contribution in [0.5, 0.6) is 5.75 Å². The zero-order chi connectivity index (χ0) is 19.3. The van der Waals surface area contributed by atoms with Crippen LogP contribution in [0.2, 0.25) is 0 Å². The summed E-state index contributed by atoms with van der Waals surface area (Å²) in [4.78, 5) is 23.7. The summed E-state index contributed by atoms with van der Waals surface area (Å²) < 4.78 is 6.11. The summed E-state index contributed by atoms with van der Waals surface area (Å²) in [5, 5.41) is 6.13. The number of rotatable bonds is 7. The second-order valence-electron chi connectivity index (χ2n) is 6.13. The van der Waals surface area contributed by atoms with Crippen LogP contribution < -0.4 is 15.4 Å². The molecule has 0 saturated carbocycles. The highest BCUT2D eigenvalue weighted by Gasteiger charge is 2.17. The minimum absolute atomic E-state index is 0.00242. The van der Waals surface area contributed by atoms with Gasteiger partial charge in [-0.25, -0.2) is 0 Å². The number of anilines is 1. The van der Waals surface area contributed by atoms with Crippen molar-refractivity contribution >= 4 is 33.3 Å². The number of carbonyl (C=O) groups excluding carboxylic acids is 2. The number of benzene rings is 2. The molecule has 2 unspecified atom stereocenters. The van der Waals surface area contributed by atoms with E-state index in [0.717, 1.165) is 15.8 Å². The summed E-state index contributed by atoms with van der Waals surface area (Å²) >= 11 is 3.47. The Kier molecular flexibility index (Phi) is 6.94. The number of Topliss-reactive ketones (excluding diaryl/α,β-unsaturated/α-hetero) is 1. The van der Waals surface area contributed by atoms with Crippen molar-refractivity contribution in [3.05, 3.63) is 58.1 Å². The van der Waals surface area contributed by atoms with E-state index in [2.05, 4.69) is 26.6 Å². The highest BCUT2D eigenvalue weighted by atomic mass is 79.9. The molecule has 2 atom stereocenters. The number of methoxy groups -OCH3 is 1. The Morgan fingerprint density at radius 3 is 2.27 bits per heavy atom. The van der Waals surface area contributed by atoms with Gasteiger partial charge in [0.05, 0.1) is 17.6 Å². The third kappa shape index (κ3) is 5.16. The van der Waals surface area contributed by atoms with Crippen LogP contribution in [0.1, 0.15) is 42.7 Å². The Balaban J connectivity index is 1.97. The second kappa shape index (κ2) is 8.96. The van der Waals surface area contributed by atoms with E-state index in [-0.39, 0.29) is 17.7 Å². The molecule has 2 aromatic rings. The molecule has 0 aliphatic heterocycles. The first kappa shape index (κ1) is 20.1. The maximum atomic E-state index is 12.4. The van der Waals surface area contributed by atoms with E-state index >= 15 is 0 Å². The molecule has 0 bridgehead atoms. The van der Waals surface area contributed by atoms with Crippen molar-refractivity contribution in [2.24, 2.45) is 0 Å². The Bertz CT molecular complexity index is 790. The molecule has 2 N–H and O–H groups in total. The van der Waals surface area contributed by atoms with Gasteiger partial charge in [-0.15, -0.1) is 0 Å². The van der Waals surface area contributed by atoms with Gasteiger partial charge in [0, 0.05) is 17.3 Å². The lowest BCUT2D eigenvalue weighted by atomic mass is 10.1. The van der Waals surface area contributed by atoms with Crippen molar-refractivity contribution in [1.29, 1.82) is 0 Å². The van der Waals surface area contributed by atoms with Crippen LogP contribution >= 0.6 is 15.9 Å². The quantitative estimate of drug-likeness (QED) is 0.656. The van der Waals surface area contributed by atoms with E-state index < -0.39 is 6.04 Å². The van der Waals surface area contributed by atoms with Gasteiger partial charge in [-0.05, 0) is 78.7 Å². The lowest BCUT2D eigenvalue weighted by molar-refractivity contribution is -0.117. The number of ketones is 1. The summed E-state index contributed by atoms with van der Waals surface area (Å²) in [6, 6.07) is 12.3. The van der Waals surface area contributed by atoms with Crippen LogP contribution in [-0.2, 0) is 4.79 Å². The van der Waals surface area contributed by atoms with Crippen molar-refractivity contribution in [1.82, 2.24) is 5.32 Å². The van der Waals surface area contributed by atoms with Gasteiger partial charge in [-0.1, -0.05) is 6.07 Å². The minimum atomic E-state index is -0.390. The fraction of sp³-hybridized carbons (Fsp3) is 0.300. The topological polar surface area (TPSA) is 67.4 Å². The number of halogens is 1. The van der Waals surface area contributed by atoms with Gasteiger partial charge < -0.3 is 10.1 Å². The monoisotopic (exact) mass is 418 g/mol. The molecule has 0 radical (unpaired) electrons. The fourth-order valence-electron chi connectivity index (χ4n) is 2.54. The van der Waals surface area contributed by atoms with Gasteiger partial charge in [0.25, 0.3) is 0 Å². The smallest absolute Gasteiger partial charge is 0.241 e. The molecular weight excluding hydrogens is 396 g/mol. The van der Waals surface area contributed by atoms with Crippen LogP contribution in [0.4, 0.5) is 5.69 Å². The van der Waals surface area contributed by atoms with Gasteiger partial charge in [-0.3, -0.25) is 14.9 Å². The van der Waals surface area contributed by atoms with Gasteiger partial charge in [0.2, 0.25) is 5.91 Å². The maximum absolute atomic E-state index is 12.4. The summed E-state index contributed by atoms with van der Waals surface area (Å²) in [6.07, 6.45) is 0. The predicted octanol–water partition coefficient (Wildman–Crippen LogP) is 4.34. The Labute approximate surface area is 162 Å². The molecule has 5 nitrogen and oxygen atoms in total. The lowest BCUT2D eigenvalue weighted by Crippen LogP contribution is -2.39. The van der Waals surface area contributed by atoms with Crippen molar-refractivity contribution in [3.8, 4) is 5.75 Å². The van der Waals surface area contributed by atoms with Gasteiger partial charge in [0.1, 0.15) is 5.75 Å². The average molecular weight is 419 g/mol. The van der Waals surface area contributed by atoms with Crippen molar-refractivity contribution in [2.45, 2.75) is 32.9 Å². The number of carbonyl (C=O) groups is 2. The molecule has 2 aromatic carbocycles. The average Bonchev–Trinajstić information content (AvgIpc) is 2.61. The molecule has 0 fully saturated rings. The van der Waals surface area contributed by atoms with Gasteiger partial charge in [-0.2, -0.15) is 0 Å². The van der Waals surface area contributed by atoms with Crippen LogP contribution in [0.15, 0.2) is 46.9 Å². The first-order valence-electron chi connectivity index (χ1n) is 8.33. The van der Waals surface area contributed by atoms with E-state index in [0.29, 0.717) is 11.3 Å². The molecule has 0 aliphatic rings. The highest BCUT2D eigenvalue weighted by molar-refractivity contribution is 9.10. The zero-order valence-corrected chi connectivity index (χ0v) is 16.9. The van der Waals surface area contributed by atoms with E-state index in [1.165, 1.54) is 6.92 Å². The summed E-state index contributed by atoms with van der Waals surface area (Å²) in [5.74, 6) is 0.623. The lowest BCUT2D eigenvalue weighted by Gasteiger charge is -2.20. The van der Waals surface area contributed by atoms with Crippen LogP contribution in [0.3, 0.4) is 0 Å². The van der Waals surface area contributed by atoms with E-state index in [4.69, 9.17) is 4.74 Å². The largest absolute Gasteiger partial charge is 0.496 e. The van der Waals surface area contributed by atoms with E-state index in [1.54, 1.807) is 31.4 Å².